The largest absolute Gasteiger partial charge is 0.500 e. The van der Waals surface area contributed by atoms with Crippen LogP contribution in [-0.4, -0.2) is 87.5 Å². The van der Waals surface area contributed by atoms with Crippen LogP contribution in [0.3, 0.4) is 0 Å². The molecule has 0 saturated heterocycles. The zero-order valence-corrected chi connectivity index (χ0v) is 19.5. The van der Waals surface area contributed by atoms with Crippen molar-refractivity contribution in [3.63, 3.8) is 0 Å². The van der Waals surface area contributed by atoms with E-state index in [9.17, 15) is 4.79 Å². The van der Waals surface area contributed by atoms with Gasteiger partial charge in [0.05, 0.1) is 27.1 Å². The normalized spacial score (nSPS) is 12.4. The van der Waals surface area contributed by atoms with E-state index in [1.54, 1.807) is 21.3 Å². The van der Waals surface area contributed by atoms with E-state index < -0.39 is 8.80 Å². The molecule has 0 aliphatic carbocycles. The Morgan fingerprint density at radius 1 is 0.926 bits per heavy atom. The highest BCUT2D eigenvalue weighted by Crippen LogP contribution is 2.14. The van der Waals surface area contributed by atoms with Crippen molar-refractivity contribution in [1.29, 1.82) is 0 Å². The summed E-state index contributed by atoms with van der Waals surface area (Å²) in [5, 5.41) is 3.26. The van der Waals surface area contributed by atoms with E-state index in [2.05, 4.69) is 26.3 Å². The lowest BCUT2D eigenvalue weighted by Crippen LogP contribution is -2.43. The van der Waals surface area contributed by atoms with Crippen LogP contribution in [0.15, 0.2) is 0 Å². The number of esters is 1. The summed E-state index contributed by atoms with van der Waals surface area (Å²) in [6.45, 7) is 6.12. The fraction of sp³-hybridized carbons (Fsp3) is 0.947. The molecule has 162 valence electrons. The Hall–Kier alpha value is -0.513. The Balaban J connectivity index is 3.72. The average molecular weight is 408 g/mol. The van der Waals surface area contributed by atoms with Crippen LogP contribution in [0, 0.1) is 0 Å². The van der Waals surface area contributed by atoms with Crippen LogP contribution in [0.25, 0.3) is 0 Å². The van der Waals surface area contributed by atoms with Gasteiger partial charge in [-0.15, -0.1) is 0 Å². The van der Waals surface area contributed by atoms with Gasteiger partial charge in [0.15, 0.2) is 0 Å². The smallest absolute Gasteiger partial charge is 0.460 e. The maximum Gasteiger partial charge on any atom is 0.500 e. The van der Waals surface area contributed by atoms with Crippen LogP contribution in [0.2, 0.25) is 6.04 Å². The van der Waals surface area contributed by atoms with Crippen LogP contribution >= 0.6 is 0 Å². The van der Waals surface area contributed by atoms with E-state index in [0.29, 0.717) is 19.6 Å². The molecule has 1 N–H and O–H groups in total. The molecular weight excluding hydrogens is 364 g/mol. The minimum Gasteiger partial charge on any atom is -0.460 e. The van der Waals surface area contributed by atoms with Gasteiger partial charge < -0.3 is 27.8 Å². The highest BCUT2D eigenvalue weighted by molar-refractivity contribution is 6.60. The number of ether oxygens (including phenoxy) is 1. The molecule has 0 spiro atoms. The quantitative estimate of drug-likeness (QED) is 0.163. The molecule has 0 aromatic carbocycles. The van der Waals surface area contributed by atoms with E-state index >= 15 is 0 Å². The van der Waals surface area contributed by atoms with Crippen LogP contribution in [0.5, 0.6) is 0 Å². The number of quaternary nitrogens is 1. The number of hydrogen-bond donors (Lipinski definition) is 1. The van der Waals surface area contributed by atoms with Crippen molar-refractivity contribution >= 4 is 14.8 Å². The van der Waals surface area contributed by atoms with Crippen LogP contribution < -0.4 is 5.32 Å². The standard InChI is InChI=1S/C19H43N2O5Si/c1-7-8-9-10-15-21(2,3)16-17-26-19(22)12-14-20-13-11-18-27(23-4,24-5)25-6/h20H,7-18H2,1-6H3/q+1. The fourth-order valence-electron chi connectivity index (χ4n) is 2.86. The number of likely N-dealkylation sites (N-methyl/N-ethyl adjacent to an activating group) is 1. The Labute approximate surface area is 167 Å². The predicted octanol–water partition coefficient (Wildman–Crippen LogP) is 2.43. The molecular formula is C19H43N2O5Si+. The zero-order chi connectivity index (χ0) is 20.6. The molecule has 0 aromatic rings. The first kappa shape index (κ1) is 26.5. The topological polar surface area (TPSA) is 66.0 Å². The highest BCUT2D eigenvalue weighted by atomic mass is 28.4. The second kappa shape index (κ2) is 15.4. The fourth-order valence-corrected chi connectivity index (χ4v) is 4.58. The van der Waals surface area contributed by atoms with Gasteiger partial charge in [-0.3, -0.25) is 4.79 Å². The van der Waals surface area contributed by atoms with Gasteiger partial charge in [0, 0.05) is 33.9 Å². The van der Waals surface area contributed by atoms with Gasteiger partial charge in [-0.1, -0.05) is 19.8 Å². The van der Waals surface area contributed by atoms with E-state index in [1.807, 2.05) is 0 Å². The Morgan fingerprint density at radius 2 is 1.59 bits per heavy atom. The van der Waals surface area contributed by atoms with Gasteiger partial charge >= 0.3 is 14.8 Å². The van der Waals surface area contributed by atoms with E-state index in [-0.39, 0.29) is 5.97 Å². The molecule has 0 saturated carbocycles. The van der Waals surface area contributed by atoms with Gasteiger partial charge in [-0.25, -0.2) is 0 Å². The third-order valence-electron chi connectivity index (χ3n) is 4.85. The van der Waals surface area contributed by atoms with Crippen LogP contribution in [-0.2, 0) is 22.8 Å². The molecule has 0 rings (SSSR count). The summed E-state index contributed by atoms with van der Waals surface area (Å²) in [6.07, 6.45) is 6.34. The van der Waals surface area contributed by atoms with Crippen molar-refractivity contribution in [3.05, 3.63) is 0 Å². The number of carbonyl (C=O) groups excluding carboxylic acids is 1. The summed E-state index contributed by atoms with van der Waals surface area (Å²) in [5.41, 5.74) is 0. The Bertz CT molecular complexity index is 371. The number of hydrogen-bond acceptors (Lipinski definition) is 6. The molecule has 0 aliphatic rings. The van der Waals surface area contributed by atoms with Crippen molar-refractivity contribution in [2.75, 3.05) is 68.2 Å². The van der Waals surface area contributed by atoms with Gasteiger partial charge in [-0.05, 0) is 25.8 Å². The molecule has 0 bridgehead atoms. The van der Waals surface area contributed by atoms with Crippen molar-refractivity contribution in [3.8, 4) is 0 Å². The first-order valence-electron chi connectivity index (χ1n) is 10.2. The van der Waals surface area contributed by atoms with Crippen LogP contribution in [0.4, 0.5) is 0 Å². The Morgan fingerprint density at radius 3 is 2.19 bits per heavy atom. The number of unbranched alkanes of at least 4 members (excludes halogenated alkanes) is 3. The third-order valence-corrected chi connectivity index (χ3v) is 7.68. The van der Waals surface area contributed by atoms with Crippen molar-refractivity contribution < 1.29 is 27.3 Å². The number of nitrogens with zero attached hydrogens (tertiary/aromatic N) is 1. The summed E-state index contributed by atoms with van der Waals surface area (Å²) in [5.74, 6) is -0.136. The number of nitrogens with one attached hydrogen (secondary N) is 1. The van der Waals surface area contributed by atoms with Gasteiger partial charge in [0.1, 0.15) is 13.2 Å². The molecule has 8 heteroatoms. The lowest BCUT2D eigenvalue weighted by Gasteiger charge is -2.29. The Kier molecular flexibility index (Phi) is 15.1. The molecule has 0 fully saturated rings. The summed E-state index contributed by atoms with van der Waals surface area (Å²) in [4.78, 5) is 11.8. The van der Waals surface area contributed by atoms with E-state index in [1.165, 1.54) is 25.7 Å². The minimum atomic E-state index is -2.48. The number of carbonyl (C=O) groups is 1. The molecule has 0 aliphatic heterocycles. The lowest BCUT2D eigenvalue weighted by molar-refractivity contribution is -0.890. The predicted molar refractivity (Wildman–Crippen MR) is 111 cm³/mol. The second-order valence-corrected chi connectivity index (χ2v) is 10.7. The van der Waals surface area contributed by atoms with Gasteiger partial charge in [-0.2, -0.15) is 0 Å². The maximum absolute atomic E-state index is 11.8. The molecule has 0 heterocycles. The number of rotatable bonds is 18. The molecule has 27 heavy (non-hydrogen) atoms. The van der Waals surface area contributed by atoms with E-state index in [0.717, 1.165) is 36.6 Å². The van der Waals surface area contributed by atoms with Crippen molar-refractivity contribution in [2.24, 2.45) is 0 Å². The van der Waals surface area contributed by atoms with Crippen LogP contribution in [0.1, 0.15) is 45.4 Å². The molecule has 0 aromatic heterocycles. The van der Waals surface area contributed by atoms with E-state index in [4.69, 9.17) is 18.0 Å². The SMILES string of the molecule is CCCCCC[N+](C)(C)CCOC(=O)CCNCCC[Si](OC)(OC)OC. The lowest BCUT2D eigenvalue weighted by atomic mass is 10.2. The van der Waals surface area contributed by atoms with Crippen molar-refractivity contribution in [1.82, 2.24) is 5.32 Å². The monoisotopic (exact) mass is 407 g/mol. The first-order valence-corrected chi connectivity index (χ1v) is 12.1. The van der Waals surface area contributed by atoms with Gasteiger partial charge in [0.25, 0.3) is 0 Å². The molecule has 7 nitrogen and oxygen atoms in total. The summed E-state index contributed by atoms with van der Waals surface area (Å²) >= 11 is 0. The molecule has 0 unspecified atom stereocenters. The highest BCUT2D eigenvalue weighted by Gasteiger charge is 2.36. The average Bonchev–Trinajstić information content (AvgIpc) is 2.65. The summed E-state index contributed by atoms with van der Waals surface area (Å²) in [7, 11) is 6.77. The minimum absolute atomic E-state index is 0.136. The van der Waals surface area contributed by atoms with Gasteiger partial charge in [0.2, 0.25) is 0 Å². The third kappa shape index (κ3) is 13.3. The summed E-state index contributed by atoms with van der Waals surface area (Å²) in [6, 6.07) is 0.749. The summed E-state index contributed by atoms with van der Waals surface area (Å²) < 4.78 is 22.4. The maximum atomic E-state index is 11.8. The molecule has 0 radical (unpaired) electrons. The molecule has 0 amide bonds. The van der Waals surface area contributed by atoms with Crippen molar-refractivity contribution in [2.45, 2.75) is 51.5 Å². The zero-order valence-electron chi connectivity index (χ0n) is 18.5. The first-order chi connectivity index (χ1) is 12.8. The molecule has 0 atom stereocenters. The second-order valence-electron chi connectivity index (χ2n) is 7.56.